The third kappa shape index (κ3) is 5.71. The van der Waals surface area contributed by atoms with Crippen molar-refractivity contribution < 1.29 is 14.3 Å². The lowest BCUT2D eigenvalue weighted by Gasteiger charge is -2.17. The summed E-state index contributed by atoms with van der Waals surface area (Å²) in [6, 6.07) is 25.2. The van der Waals surface area contributed by atoms with Crippen molar-refractivity contribution >= 4 is 16.9 Å². The molecule has 6 heteroatoms. The average Bonchev–Trinajstić information content (AvgIpc) is 3.21. The maximum Gasteiger partial charge on any atom is 0.224 e. The van der Waals surface area contributed by atoms with Gasteiger partial charge in [-0.2, -0.15) is 0 Å². The Kier molecular flexibility index (Phi) is 7.25. The van der Waals surface area contributed by atoms with Crippen LogP contribution in [0.3, 0.4) is 0 Å². The molecule has 0 aliphatic rings. The fraction of sp³-hybridized carbons (Fsp3) is 0.259. The lowest BCUT2D eigenvalue weighted by molar-refractivity contribution is -0.121. The Balaban J connectivity index is 1.41. The first-order valence-corrected chi connectivity index (χ1v) is 11.2. The molecule has 1 amide bonds. The van der Waals surface area contributed by atoms with E-state index in [1.54, 1.807) is 7.11 Å². The molecular formula is C27H29N3O3. The topological polar surface area (TPSA) is 65.4 Å². The van der Waals surface area contributed by atoms with Crippen molar-refractivity contribution in [2.24, 2.45) is 0 Å². The minimum atomic E-state index is -0.212. The molecule has 1 heterocycles. The lowest BCUT2D eigenvalue weighted by atomic mass is 10.1. The Morgan fingerprint density at radius 1 is 0.970 bits per heavy atom. The molecule has 0 fully saturated rings. The number of hydrogen-bond acceptors (Lipinski definition) is 4. The summed E-state index contributed by atoms with van der Waals surface area (Å²) in [7, 11) is 1.65. The van der Waals surface area contributed by atoms with Gasteiger partial charge in [-0.1, -0.05) is 42.5 Å². The molecular weight excluding hydrogens is 414 g/mol. The third-order valence-corrected chi connectivity index (χ3v) is 5.51. The van der Waals surface area contributed by atoms with Gasteiger partial charge in [0, 0.05) is 6.54 Å². The van der Waals surface area contributed by atoms with E-state index in [9.17, 15) is 4.79 Å². The quantitative estimate of drug-likeness (QED) is 0.353. The van der Waals surface area contributed by atoms with Gasteiger partial charge in [0.25, 0.3) is 0 Å². The van der Waals surface area contributed by atoms with Crippen LogP contribution < -0.4 is 14.8 Å². The molecule has 4 rings (SSSR count). The zero-order chi connectivity index (χ0) is 23.0. The van der Waals surface area contributed by atoms with Crippen molar-refractivity contribution in [3.8, 4) is 11.5 Å². The number of carbonyl (C=O) groups excluding carboxylic acids is 1. The van der Waals surface area contributed by atoms with E-state index >= 15 is 0 Å². The number of methoxy groups -OCH3 is 1. The summed E-state index contributed by atoms with van der Waals surface area (Å²) in [5.41, 5.74) is 2.97. The number of nitrogens with zero attached hydrogens (tertiary/aromatic N) is 2. The number of imidazole rings is 1. The van der Waals surface area contributed by atoms with Crippen molar-refractivity contribution in [2.75, 3.05) is 13.7 Å². The Morgan fingerprint density at radius 3 is 2.42 bits per heavy atom. The number of amides is 1. The predicted molar refractivity (Wildman–Crippen MR) is 130 cm³/mol. The van der Waals surface area contributed by atoms with E-state index in [1.165, 1.54) is 0 Å². The van der Waals surface area contributed by atoms with E-state index in [0.29, 0.717) is 13.0 Å². The number of nitrogens with one attached hydrogen (secondary N) is 1. The lowest BCUT2D eigenvalue weighted by Crippen LogP contribution is -2.30. The van der Waals surface area contributed by atoms with Crippen LogP contribution in [0.2, 0.25) is 0 Å². The second-order valence-corrected chi connectivity index (χ2v) is 7.94. The molecule has 4 aromatic rings. The molecule has 0 aliphatic heterocycles. The van der Waals surface area contributed by atoms with E-state index in [2.05, 4.69) is 16.0 Å². The molecule has 3 aromatic carbocycles. The van der Waals surface area contributed by atoms with Crippen LogP contribution in [0.5, 0.6) is 11.5 Å². The largest absolute Gasteiger partial charge is 0.497 e. The second-order valence-electron chi connectivity index (χ2n) is 7.94. The fourth-order valence-electron chi connectivity index (χ4n) is 3.88. The Bertz CT molecular complexity index is 1190. The maximum absolute atomic E-state index is 12.6. The molecule has 0 bridgehead atoms. The molecule has 0 saturated carbocycles. The van der Waals surface area contributed by atoms with E-state index in [1.807, 2.05) is 79.7 Å². The number of hydrogen-bond donors (Lipinski definition) is 1. The normalized spacial score (nSPS) is 11.8. The molecule has 0 radical (unpaired) electrons. The summed E-state index contributed by atoms with van der Waals surface area (Å²) in [6.45, 7) is 3.30. The molecule has 0 aliphatic carbocycles. The number of rotatable bonds is 10. The monoisotopic (exact) mass is 443 g/mol. The summed E-state index contributed by atoms with van der Waals surface area (Å²) < 4.78 is 13.3. The highest BCUT2D eigenvalue weighted by Gasteiger charge is 2.18. The first-order valence-electron chi connectivity index (χ1n) is 11.2. The van der Waals surface area contributed by atoms with Gasteiger partial charge >= 0.3 is 0 Å². The highest BCUT2D eigenvalue weighted by atomic mass is 16.5. The van der Waals surface area contributed by atoms with E-state index < -0.39 is 0 Å². The van der Waals surface area contributed by atoms with Gasteiger partial charge in [-0.05, 0) is 55.3 Å². The Hall–Kier alpha value is -3.80. The van der Waals surface area contributed by atoms with Crippen molar-refractivity contribution in [1.82, 2.24) is 14.9 Å². The highest BCUT2D eigenvalue weighted by molar-refractivity contribution is 5.79. The Morgan fingerprint density at radius 2 is 1.67 bits per heavy atom. The number of ether oxygens (including phenoxy) is 2. The van der Waals surface area contributed by atoms with Gasteiger partial charge in [0.05, 0.1) is 37.2 Å². The van der Waals surface area contributed by atoms with Crippen LogP contribution in [-0.4, -0.2) is 29.2 Å². The van der Waals surface area contributed by atoms with Crippen LogP contribution in [0.4, 0.5) is 0 Å². The standard InChI is InChI=1S/C27H29N3O3/c1-20(28-26(31)19-21-9-4-3-5-10-21)27-29-24-11-6-7-12-25(24)30(27)17-8-18-33-23-15-13-22(32-2)14-16-23/h3-7,9-16,20H,8,17-19H2,1-2H3,(H,28,31). The highest BCUT2D eigenvalue weighted by Crippen LogP contribution is 2.22. The smallest absolute Gasteiger partial charge is 0.224 e. The van der Waals surface area contributed by atoms with Crippen molar-refractivity contribution in [1.29, 1.82) is 0 Å². The molecule has 33 heavy (non-hydrogen) atoms. The molecule has 0 saturated heterocycles. The molecule has 1 unspecified atom stereocenters. The molecule has 6 nitrogen and oxygen atoms in total. The van der Waals surface area contributed by atoms with Crippen molar-refractivity contribution in [2.45, 2.75) is 32.4 Å². The SMILES string of the molecule is COc1ccc(OCCCn2c(C(C)NC(=O)Cc3ccccc3)nc3ccccc32)cc1. The zero-order valence-electron chi connectivity index (χ0n) is 19.0. The van der Waals surface area contributed by atoms with E-state index in [-0.39, 0.29) is 11.9 Å². The van der Waals surface area contributed by atoms with Crippen LogP contribution >= 0.6 is 0 Å². The fourth-order valence-corrected chi connectivity index (χ4v) is 3.88. The molecule has 170 valence electrons. The summed E-state index contributed by atoms with van der Waals surface area (Å²) in [5.74, 6) is 2.45. The number of benzene rings is 3. The number of aromatic nitrogens is 2. The van der Waals surface area contributed by atoms with Crippen LogP contribution in [0.15, 0.2) is 78.9 Å². The van der Waals surface area contributed by atoms with Gasteiger partial charge in [-0.3, -0.25) is 4.79 Å². The molecule has 1 aromatic heterocycles. The number of aryl methyl sites for hydroxylation is 1. The van der Waals surface area contributed by atoms with E-state index in [4.69, 9.17) is 14.5 Å². The van der Waals surface area contributed by atoms with E-state index in [0.717, 1.165) is 46.9 Å². The third-order valence-electron chi connectivity index (χ3n) is 5.51. The van der Waals surface area contributed by atoms with Crippen molar-refractivity contribution in [3.63, 3.8) is 0 Å². The summed E-state index contributed by atoms with van der Waals surface area (Å²) in [4.78, 5) is 17.4. The van der Waals surface area contributed by atoms with Crippen molar-refractivity contribution in [3.05, 3.63) is 90.3 Å². The maximum atomic E-state index is 12.6. The second kappa shape index (κ2) is 10.7. The van der Waals surface area contributed by atoms with Gasteiger partial charge in [-0.15, -0.1) is 0 Å². The number of fused-ring (bicyclic) bond motifs is 1. The zero-order valence-corrected chi connectivity index (χ0v) is 19.0. The first-order chi connectivity index (χ1) is 16.1. The average molecular weight is 444 g/mol. The minimum Gasteiger partial charge on any atom is -0.497 e. The number of para-hydroxylation sites is 2. The summed E-state index contributed by atoms with van der Waals surface area (Å²) in [5, 5.41) is 3.11. The van der Waals surface area contributed by atoms with Crippen LogP contribution in [0.1, 0.15) is 30.8 Å². The van der Waals surface area contributed by atoms with Gasteiger partial charge < -0.3 is 19.4 Å². The van der Waals surface area contributed by atoms with Gasteiger partial charge in [0.15, 0.2) is 0 Å². The van der Waals surface area contributed by atoms with Gasteiger partial charge in [-0.25, -0.2) is 4.98 Å². The van der Waals surface area contributed by atoms with Crippen LogP contribution in [0.25, 0.3) is 11.0 Å². The first kappa shape index (κ1) is 22.4. The molecule has 1 atom stereocenters. The summed E-state index contributed by atoms with van der Waals surface area (Å²) in [6.07, 6.45) is 1.16. The van der Waals surface area contributed by atoms with Gasteiger partial charge in [0.1, 0.15) is 17.3 Å². The van der Waals surface area contributed by atoms with Crippen LogP contribution in [0, 0.1) is 0 Å². The number of carbonyl (C=O) groups is 1. The molecule has 1 N–H and O–H groups in total. The minimum absolute atomic E-state index is 0.0184. The van der Waals surface area contributed by atoms with Crippen LogP contribution in [-0.2, 0) is 17.8 Å². The van der Waals surface area contributed by atoms with Gasteiger partial charge in [0.2, 0.25) is 5.91 Å². The summed E-state index contributed by atoms with van der Waals surface area (Å²) >= 11 is 0. The predicted octanol–water partition coefficient (Wildman–Crippen LogP) is 4.93. The molecule has 0 spiro atoms. The Labute approximate surface area is 194 Å².